The lowest BCUT2D eigenvalue weighted by atomic mass is 9.81. The van der Waals surface area contributed by atoms with Crippen molar-refractivity contribution in [2.45, 2.75) is 44.6 Å². The first kappa shape index (κ1) is 16.6. The molecule has 1 N–H and O–H groups in total. The van der Waals surface area contributed by atoms with E-state index in [9.17, 15) is 9.90 Å². The summed E-state index contributed by atoms with van der Waals surface area (Å²) < 4.78 is 5.48. The van der Waals surface area contributed by atoms with E-state index in [1.807, 2.05) is 45.0 Å². The van der Waals surface area contributed by atoms with Gasteiger partial charge in [0, 0.05) is 28.9 Å². The van der Waals surface area contributed by atoms with Crippen LogP contribution in [-0.4, -0.2) is 41.4 Å². The van der Waals surface area contributed by atoms with Crippen molar-refractivity contribution in [3.05, 3.63) is 34.9 Å². The van der Waals surface area contributed by atoms with Crippen LogP contribution < -0.4 is 0 Å². The molecule has 2 aliphatic rings. The monoisotopic (exact) mass is 337 g/mol. The third kappa shape index (κ3) is 2.83. The third-order valence-electron chi connectivity index (χ3n) is 5.18. The average molecular weight is 338 g/mol. The highest BCUT2D eigenvalue weighted by Gasteiger charge is 2.70. The van der Waals surface area contributed by atoms with Crippen LogP contribution in [0.2, 0.25) is 5.02 Å². The summed E-state index contributed by atoms with van der Waals surface area (Å²) in [5, 5.41) is 10.7. The highest BCUT2D eigenvalue weighted by atomic mass is 35.5. The zero-order chi connectivity index (χ0) is 16.9. The lowest BCUT2D eigenvalue weighted by Crippen LogP contribution is -2.48. The van der Waals surface area contributed by atoms with Gasteiger partial charge in [0.15, 0.2) is 0 Å². The number of likely N-dealkylation sites (tertiary alicyclic amines) is 1. The van der Waals surface area contributed by atoms with Gasteiger partial charge in [-0.1, -0.05) is 23.7 Å². The van der Waals surface area contributed by atoms with E-state index in [0.29, 0.717) is 18.1 Å². The van der Waals surface area contributed by atoms with E-state index >= 15 is 0 Å². The molecule has 0 aromatic heterocycles. The number of piperidine rings is 1. The number of nitrogens with zero attached hydrogens (tertiary/aromatic N) is 1. The highest BCUT2D eigenvalue weighted by molar-refractivity contribution is 6.30. The minimum Gasteiger partial charge on any atom is -0.444 e. The zero-order valence-electron chi connectivity index (χ0n) is 13.9. The van der Waals surface area contributed by atoms with Gasteiger partial charge in [0.1, 0.15) is 5.60 Å². The number of hydrogen-bond donors (Lipinski definition) is 1. The van der Waals surface area contributed by atoms with Crippen LogP contribution in [0, 0.1) is 5.41 Å². The summed E-state index contributed by atoms with van der Waals surface area (Å²) in [6.45, 7) is 6.87. The van der Waals surface area contributed by atoms with Crippen molar-refractivity contribution in [2.24, 2.45) is 5.41 Å². The molecule has 0 radical (unpaired) electrons. The lowest BCUT2D eigenvalue weighted by Gasteiger charge is -2.38. The molecule has 3 rings (SSSR count). The van der Waals surface area contributed by atoms with E-state index in [1.54, 1.807) is 4.90 Å². The van der Waals surface area contributed by atoms with Crippen molar-refractivity contribution in [1.82, 2.24) is 4.90 Å². The van der Waals surface area contributed by atoms with E-state index in [0.717, 1.165) is 12.8 Å². The molecule has 1 aliphatic carbocycles. The molecule has 23 heavy (non-hydrogen) atoms. The molecule has 1 heterocycles. The van der Waals surface area contributed by atoms with Crippen LogP contribution in [0.15, 0.2) is 24.3 Å². The molecule has 126 valence electrons. The first-order valence-corrected chi connectivity index (χ1v) is 8.44. The Bertz CT molecular complexity index is 610. The fraction of sp³-hybridized carbons (Fsp3) is 0.611. The van der Waals surface area contributed by atoms with Gasteiger partial charge in [-0.3, -0.25) is 0 Å². The molecule has 1 aromatic rings. The quantitative estimate of drug-likeness (QED) is 0.897. The summed E-state index contributed by atoms with van der Waals surface area (Å²) in [6, 6.07) is 7.88. The van der Waals surface area contributed by atoms with Gasteiger partial charge >= 0.3 is 6.09 Å². The van der Waals surface area contributed by atoms with Gasteiger partial charge in [-0.2, -0.15) is 0 Å². The van der Waals surface area contributed by atoms with E-state index in [1.165, 1.54) is 5.56 Å². The minimum atomic E-state index is -0.502. The average Bonchev–Trinajstić information content (AvgIpc) is 3.16. The van der Waals surface area contributed by atoms with Crippen molar-refractivity contribution in [3.8, 4) is 0 Å². The number of aliphatic hydroxyl groups excluding tert-OH is 1. The number of rotatable bonds is 2. The summed E-state index contributed by atoms with van der Waals surface area (Å²) in [5.41, 5.74) is 0.415. The molecule has 0 bridgehead atoms. The van der Waals surface area contributed by atoms with Crippen LogP contribution in [0.1, 0.15) is 39.2 Å². The van der Waals surface area contributed by atoms with Gasteiger partial charge in [-0.25, -0.2) is 4.79 Å². The predicted octanol–water partition coefficient (Wildman–Crippen LogP) is 3.60. The fourth-order valence-corrected chi connectivity index (χ4v) is 4.05. The summed E-state index contributed by atoms with van der Waals surface area (Å²) in [7, 11) is 0. The van der Waals surface area contributed by atoms with Crippen LogP contribution in [0.25, 0.3) is 0 Å². The van der Waals surface area contributed by atoms with Gasteiger partial charge in [0.25, 0.3) is 0 Å². The molecule has 2 atom stereocenters. The summed E-state index contributed by atoms with van der Waals surface area (Å²) in [6.07, 6.45) is 1.45. The number of carbonyl (C=O) groups excluding carboxylic acids is 1. The van der Waals surface area contributed by atoms with Gasteiger partial charge in [-0.05, 0) is 51.3 Å². The van der Waals surface area contributed by atoms with Gasteiger partial charge < -0.3 is 14.7 Å². The summed E-state index contributed by atoms with van der Waals surface area (Å²) >= 11 is 5.99. The van der Waals surface area contributed by atoms with Crippen molar-refractivity contribution >= 4 is 17.7 Å². The van der Waals surface area contributed by atoms with Gasteiger partial charge in [0.05, 0.1) is 6.61 Å². The number of halogens is 1. The number of amides is 1. The minimum absolute atomic E-state index is 0.0369. The second-order valence-electron chi connectivity index (χ2n) is 7.86. The number of aliphatic hydroxyl groups is 1. The van der Waals surface area contributed by atoms with Crippen molar-refractivity contribution < 1.29 is 14.6 Å². The maximum Gasteiger partial charge on any atom is 0.410 e. The second kappa shape index (κ2) is 5.38. The Morgan fingerprint density at radius 1 is 1.35 bits per heavy atom. The molecule has 0 unspecified atom stereocenters. The maximum atomic E-state index is 12.3. The number of hydrogen-bond acceptors (Lipinski definition) is 3. The lowest BCUT2D eigenvalue weighted by molar-refractivity contribution is 0.00891. The second-order valence-corrected chi connectivity index (χ2v) is 8.29. The van der Waals surface area contributed by atoms with E-state index in [-0.39, 0.29) is 23.5 Å². The summed E-state index contributed by atoms with van der Waals surface area (Å²) in [5.74, 6) is 0. The molecule has 0 spiro atoms. The van der Waals surface area contributed by atoms with Crippen molar-refractivity contribution in [3.63, 3.8) is 0 Å². The number of ether oxygens (including phenoxy) is 1. The fourth-order valence-electron chi connectivity index (χ4n) is 3.93. The Labute approximate surface area is 142 Å². The van der Waals surface area contributed by atoms with Crippen LogP contribution in [0.4, 0.5) is 4.79 Å². The van der Waals surface area contributed by atoms with Crippen molar-refractivity contribution in [2.75, 3.05) is 19.7 Å². The van der Waals surface area contributed by atoms with E-state index in [4.69, 9.17) is 16.3 Å². The normalized spacial score (nSPS) is 29.9. The topological polar surface area (TPSA) is 49.8 Å². The number of carbonyl (C=O) groups is 1. The largest absolute Gasteiger partial charge is 0.444 e. The number of fused-ring (bicyclic) bond motifs is 1. The molecule has 1 amide bonds. The Hall–Kier alpha value is -1.26. The Kier molecular flexibility index (Phi) is 3.88. The first-order valence-electron chi connectivity index (χ1n) is 8.06. The van der Waals surface area contributed by atoms with E-state index in [2.05, 4.69) is 0 Å². The molecule has 1 aliphatic heterocycles. The van der Waals surface area contributed by atoms with Crippen LogP contribution in [0.5, 0.6) is 0 Å². The maximum absolute atomic E-state index is 12.3. The van der Waals surface area contributed by atoms with Crippen LogP contribution in [-0.2, 0) is 10.2 Å². The number of benzene rings is 1. The highest BCUT2D eigenvalue weighted by Crippen LogP contribution is 2.68. The molecule has 1 aromatic carbocycles. The molecular weight excluding hydrogens is 314 g/mol. The molecule has 1 saturated carbocycles. The van der Waals surface area contributed by atoms with Crippen LogP contribution >= 0.6 is 11.6 Å². The molecular formula is C18H24ClNO3. The van der Waals surface area contributed by atoms with Gasteiger partial charge in [-0.15, -0.1) is 0 Å². The van der Waals surface area contributed by atoms with Crippen LogP contribution in [0.3, 0.4) is 0 Å². The Balaban J connectivity index is 1.78. The zero-order valence-corrected chi connectivity index (χ0v) is 14.7. The smallest absolute Gasteiger partial charge is 0.410 e. The molecule has 4 nitrogen and oxygen atoms in total. The van der Waals surface area contributed by atoms with Crippen molar-refractivity contribution in [1.29, 1.82) is 0 Å². The Morgan fingerprint density at radius 3 is 2.57 bits per heavy atom. The molecule has 2 fully saturated rings. The van der Waals surface area contributed by atoms with E-state index < -0.39 is 5.60 Å². The SMILES string of the molecule is CC(C)(C)OC(=O)N1CC[C@]2(c3ccc(Cl)cc3)C[C@]2(CO)C1. The third-order valence-corrected chi connectivity index (χ3v) is 5.44. The first-order chi connectivity index (χ1) is 10.7. The molecule has 1 saturated heterocycles. The predicted molar refractivity (Wildman–Crippen MR) is 89.7 cm³/mol. The molecule has 5 heteroatoms. The summed E-state index contributed by atoms with van der Waals surface area (Å²) in [4.78, 5) is 14.1. The standard InChI is InChI=1S/C18H24ClNO3/c1-16(2,3)23-15(22)20-9-8-18(10-17(18,11-20)12-21)13-4-6-14(19)7-5-13/h4-7,21H,8-12H2,1-3H3/t17-,18-/m1/s1. The Morgan fingerprint density at radius 2 is 2.00 bits per heavy atom. The van der Waals surface area contributed by atoms with Gasteiger partial charge in [0.2, 0.25) is 0 Å².